The molecule has 8 nitrogen and oxygen atoms in total. The normalized spacial score (nSPS) is 16.5. The van der Waals surface area contributed by atoms with E-state index in [0.717, 1.165) is 94.7 Å². The molecule has 55 heavy (non-hydrogen) atoms. The van der Waals surface area contributed by atoms with Gasteiger partial charge in [0.05, 0.1) is 17.8 Å². The molecule has 5 aromatic rings. The number of hydrogen-bond donors (Lipinski definition) is 1. The van der Waals surface area contributed by atoms with Gasteiger partial charge in [0.2, 0.25) is 5.91 Å². The molecule has 5 heterocycles. The molecule has 1 amide bonds. The molecule has 0 atom stereocenters. The highest BCUT2D eigenvalue weighted by atomic mass is 35.5. The van der Waals surface area contributed by atoms with Crippen molar-refractivity contribution >= 4 is 51.8 Å². The summed E-state index contributed by atoms with van der Waals surface area (Å²) >= 11 is 12.4. The summed E-state index contributed by atoms with van der Waals surface area (Å²) in [5.41, 5.74) is 12.8. The molecule has 3 aromatic heterocycles. The Kier molecular flexibility index (Phi) is 10.8. The summed E-state index contributed by atoms with van der Waals surface area (Å²) in [5, 5.41) is 4.69. The Bertz CT molecular complexity index is 2370. The van der Waals surface area contributed by atoms with E-state index >= 15 is 0 Å². The number of piperidine rings is 2. The quantitative estimate of drug-likeness (QED) is 0.193. The number of benzene rings is 2. The van der Waals surface area contributed by atoms with Crippen LogP contribution in [0.4, 0.5) is 0 Å². The van der Waals surface area contributed by atoms with Gasteiger partial charge in [-0.25, -0.2) is 0 Å². The number of halogens is 2. The highest BCUT2D eigenvalue weighted by molar-refractivity contribution is 6.31. The first-order valence-corrected chi connectivity index (χ1v) is 19.5. The van der Waals surface area contributed by atoms with Crippen molar-refractivity contribution < 1.29 is 14.4 Å². The number of likely N-dealkylation sites (tertiary alicyclic amines) is 1. The van der Waals surface area contributed by atoms with Crippen LogP contribution in [0.2, 0.25) is 10.0 Å². The van der Waals surface area contributed by atoms with E-state index < -0.39 is 0 Å². The summed E-state index contributed by atoms with van der Waals surface area (Å²) < 4.78 is 0. The van der Waals surface area contributed by atoms with Crippen molar-refractivity contribution in [3.8, 4) is 0 Å². The average Bonchev–Trinajstić information content (AvgIpc) is 3.41. The zero-order chi connectivity index (χ0) is 37.9. The third kappa shape index (κ3) is 7.81. The molecule has 0 unspecified atom stereocenters. The summed E-state index contributed by atoms with van der Waals surface area (Å²) in [7, 11) is 0. The van der Waals surface area contributed by atoms with Crippen molar-refractivity contribution in [1.82, 2.24) is 25.2 Å². The topological polar surface area (TPSA) is 105 Å². The Morgan fingerprint density at radius 3 is 1.67 bits per heavy atom. The van der Waals surface area contributed by atoms with E-state index in [0.29, 0.717) is 48.0 Å². The number of carbonyl (C=O) groups is 3. The van der Waals surface area contributed by atoms with Crippen molar-refractivity contribution in [3.63, 3.8) is 0 Å². The summed E-state index contributed by atoms with van der Waals surface area (Å²) in [5.74, 6) is 0.292. The number of nitrogens with one attached hydrogen (secondary N) is 1. The van der Waals surface area contributed by atoms with E-state index in [9.17, 15) is 14.4 Å². The second kappa shape index (κ2) is 16.2. The van der Waals surface area contributed by atoms with Gasteiger partial charge in [0, 0.05) is 83.0 Å². The van der Waals surface area contributed by atoms with Crippen LogP contribution in [0.3, 0.4) is 0 Å². The van der Waals surface area contributed by atoms with E-state index in [1.54, 1.807) is 24.8 Å². The van der Waals surface area contributed by atoms with Gasteiger partial charge in [0.15, 0.2) is 11.6 Å². The Hall–Kier alpha value is -5.28. The van der Waals surface area contributed by atoms with E-state index in [4.69, 9.17) is 23.2 Å². The van der Waals surface area contributed by atoms with E-state index in [-0.39, 0.29) is 17.5 Å². The van der Waals surface area contributed by atoms with Crippen molar-refractivity contribution in [1.29, 1.82) is 0 Å². The molecular weight excluding hydrogens is 729 g/mol. The zero-order valence-electron chi connectivity index (χ0n) is 30.3. The molecule has 0 saturated carbocycles. The third-order valence-corrected chi connectivity index (χ3v) is 11.3. The maximum atomic E-state index is 13.0. The van der Waals surface area contributed by atoms with Gasteiger partial charge in [-0.2, -0.15) is 0 Å². The molecule has 10 heteroatoms. The number of nitrogens with zero attached hydrogens (tertiary/aromatic N) is 4. The molecule has 2 fully saturated rings. The molecule has 0 radical (unpaired) electrons. The van der Waals surface area contributed by atoms with Gasteiger partial charge in [-0.3, -0.25) is 29.3 Å². The van der Waals surface area contributed by atoms with E-state index in [1.165, 1.54) is 11.1 Å². The van der Waals surface area contributed by atoms with Gasteiger partial charge in [-0.15, -0.1) is 0 Å². The summed E-state index contributed by atoms with van der Waals surface area (Å²) in [6.45, 7) is 3.25. The number of pyridine rings is 3. The van der Waals surface area contributed by atoms with Gasteiger partial charge >= 0.3 is 0 Å². The Labute approximate surface area is 330 Å². The Morgan fingerprint density at radius 1 is 0.636 bits per heavy atom. The van der Waals surface area contributed by atoms with Crippen LogP contribution in [-0.2, 0) is 24.1 Å². The molecule has 276 valence electrons. The van der Waals surface area contributed by atoms with Gasteiger partial charge in [-0.1, -0.05) is 46.5 Å². The monoisotopic (exact) mass is 767 g/mol. The number of hydrogen-bond acceptors (Lipinski definition) is 7. The minimum atomic E-state index is 0.0529. The Balaban J connectivity index is 0.000000164. The van der Waals surface area contributed by atoms with Crippen LogP contribution >= 0.6 is 23.2 Å². The molecule has 4 aliphatic rings. The lowest BCUT2D eigenvalue weighted by atomic mass is 9.88. The van der Waals surface area contributed by atoms with Crippen LogP contribution in [0.15, 0.2) is 109 Å². The van der Waals surface area contributed by atoms with E-state index in [1.807, 2.05) is 77.7 Å². The molecular formula is C45H39Cl2N5O3. The van der Waals surface area contributed by atoms with Crippen LogP contribution in [0.1, 0.15) is 85.6 Å². The number of rotatable bonds is 2. The zero-order valence-corrected chi connectivity index (χ0v) is 31.8. The predicted molar refractivity (Wildman–Crippen MR) is 215 cm³/mol. The molecule has 1 N–H and O–H groups in total. The molecule has 2 aliphatic carbocycles. The highest BCUT2D eigenvalue weighted by Crippen LogP contribution is 2.40. The number of aromatic nitrogens is 3. The second-order valence-electron chi connectivity index (χ2n) is 14.2. The molecule has 0 spiro atoms. The van der Waals surface area contributed by atoms with Crippen LogP contribution in [0.5, 0.6) is 0 Å². The molecule has 2 aromatic carbocycles. The lowest BCUT2D eigenvalue weighted by Crippen LogP contribution is -2.37. The van der Waals surface area contributed by atoms with Crippen LogP contribution in [0.25, 0.3) is 11.1 Å². The number of fused-ring (bicyclic) bond motifs is 4. The average molecular weight is 769 g/mol. The molecule has 2 saturated heterocycles. The Morgan fingerprint density at radius 2 is 1.15 bits per heavy atom. The summed E-state index contributed by atoms with van der Waals surface area (Å²) in [4.78, 5) is 53.6. The SMILES string of the molecule is O=C1Cc2cc(Cl)ccc2C(=C2CCN(C(=O)Cc3ccncc3)CC2)c2ncccc21.O=C1Cc2cc(Cl)ccc2C(=C2CCNCC2)c2ncccc21. The minimum Gasteiger partial charge on any atom is -0.342 e. The van der Waals surface area contributed by atoms with Gasteiger partial charge in [0.25, 0.3) is 0 Å². The fourth-order valence-electron chi connectivity index (χ4n) is 8.11. The largest absolute Gasteiger partial charge is 0.342 e. The lowest BCUT2D eigenvalue weighted by molar-refractivity contribution is -0.130. The van der Waals surface area contributed by atoms with Crippen molar-refractivity contribution in [2.75, 3.05) is 26.2 Å². The second-order valence-corrected chi connectivity index (χ2v) is 15.1. The summed E-state index contributed by atoms with van der Waals surface area (Å²) in [6, 6.07) is 22.8. The number of Topliss-reactive ketones (excluding diaryl/α,β-unsaturated/α-hetero) is 2. The molecule has 9 rings (SSSR count). The first kappa shape index (κ1) is 36.7. The van der Waals surface area contributed by atoms with Gasteiger partial charge < -0.3 is 10.2 Å². The predicted octanol–water partition coefficient (Wildman–Crippen LogP) is 8.19. The standard InChI is InChI=1S/C26H22ClN3O2.C19H17ClN2O/c27-20-3-4-21-19(15-20)16-23(31)22-2-1-9-29-26(22)25(21)18-7-12-30(13-8-18)24(32)14-17-5-10-28-11-6-17;20-14-3-4-15-13(10-14)11-17(23)16-2-1-7-22-19(16)18(15)12-5-8-21-9-6-12/h1-6,9-11,15H,7-8,12-14,16H2;1-4,7,10,21H,5-6,8-9,11H2. The van der Waals surface area contributed by atoms with Crippen LogP contribution in [-0.4, -0.2) is 63.5 Å². The first-order chi connectivity index (χ1) is 26.8. The van der Waals surface area contributed by atoms with Gasteiger partial charge in [-0.05, 0) is 127 Å². The fourth-order valence-corrected chi connectivity index (χ4v) is 8.50. The van der Waals surface area contributed by atoms with Crippen molar-refractivity contribution in [3.05, 3.63) is 169 Å². The van der Waals surface area contributed by atoms with Crippen LogP contribution in [0, 0.1) is 0 Å². The molecule has 2 aliphatic heterocycles. The first-order valence-electron chi connectivity index (χ1n) is 18.7. The fraction of sp³-hybridized carbons (Fsp3) is 0.244. The smallest absolute Gasteiger partial charge is 0.227 e. The number of ketones is 2. The molecule has 0 bridgehead atoms. The van der Waals surface area contributed by atoms with Crippen molar-refractivity contribution in [2.24, 2.45) is 0 Å². The highest BCUT2D eigenvalue weighted by Gasteiger charge is 2.30. The van der Waals surface area contributed by atoms with Gasteiger partial charge in [0.1, 0.15) is 0 Å². The summed E-state index contributed by atoms with van der Waals surface area (Å²) in [6.07, 6.45) is 11.5. The number of amides is 1. The minimum absolute atomic E-state index is 0.0529. The van der Waals surface area contributed by atoms with Crippen LogP contribution < -0.4 is 5.32 Å². The maximum Gasteiger partial charge on any atom is 0.227 e. The van der Waals surface area contributed by atoms with Crippen molar-refractivity contribution in [2.45, 2.75) is 44.9 Å². The maximum absolute atomic E-state index is 13.0. The lowest BCUT2D eigenvalue weighted by Gasteiger charge is -2.30. The number of carbonyl (C=O) groups excluding carboxylic acids is 3. The third-order valence-electron chi connectivity index (χ3n) is 10.8. The van der Waals surface area contributed by atoms with E-state index in [2.05, 4.69) is 20.3 Å².